The Balaban J connectivity index is 2.52. The molecule has 2 N–H and O–H groups in total. The topological polar surface area (TPSA) is 78.9 Å². The fourth-order valence-corrected chi connectivity index (χ4v) is 2.51. The standard InChI is InChI=1S/C14H26N2O4/c1-10(2)12(7-13(17)18)15-14(19)16-6-4-5-11(8-16)9-20-3/h10-12H,4-9H2,1-3H3,(H,15,19)(H,17,18). The summed E-state index contributed by atoms with van der Waals surface area (Å²) in [5.74, 6) is -0.425. The van der Waals surface area contributed by atoms with Crippen LogP contribution in [0.5, 0.6) is 0 Å². The SMILES string of the molecule is COCC1CCCN(C(=O)NC(CC(=O)O)C(C)C)C1. The zero-order valence-corrected chi connectivity index (χ0v) is 12.6. The molecule has 0 aromatic carbocycles. The molecule has 1 aliphatic rings. The number of amides is 2. The Hall–Kier alpha value is -1.30. The van der Waals surface area contributed by atoms with Crippen molar-refractivity contribution < 1.29 is 19.4 Å². The number of ether oxygens (including phenoxy) is 1. The number of methoxy groups -OCH3 is 1. The van der Waals surface area contributed by atoms with Crippen molar-refractivity contribution in [2.45, 2.75) is 39.2 Å². The highest BCUT2D eigenvalue weighted by atomic mass is 16.5. The van der Waals surface area contributed by atoms with Crippen LogP contribution in [0.3, 0.4) is 0 Å². The van der Waals surface area contributed by atoms with Gasteiger partial charge in [-0.05, 0) is 18.8 Å². The molecule has 0 bridgehead atoms. The molecule has 1 rings (SSSR count). The molecule has 0 aromatic heterocycles. The van der Waals surface area contributed by atoms with Crippen LogP contribution in [0.15, 0.2) is 0 Å². The van der Waals surface area contributed by atoms with Gasteiger partial charge in [-0.2, -0.15) is 0 Å². The van der Waals surface area contributed by atoms with E-state index in [9.17, 15) is 9.59 Å². The van der Waals surface area contributed by atoms with Crippen LogP contribution in [0.2, 0.25) is 0 Å². The predicted molar refractivity (Wildman–Crippen MR) is 75.6 cm³/mol. The molecular weight excluding hydrogens is 260 g/mol. The van der Waals surface area contributed by atoms with Gasteiger partial charge in [-0.25, -0.2) is 4.79 Å². The maximum atomic E-state index is 12.2. The first-order chi connectivity index (χ1) is 9.43. The number of nitrogens with one attached hydrogen (secondary N) is 1. The molecule has 2 amide bonds. The van der Waals surface area contributed by atoms with Crippen LogP contribution in [0.1, 0.15) is 33.1 Å². The van der Waals surface area contributed by atoms with E-state index in [0.29, 0.717) is 19.1 Å². The van der Waals surface area contributed by atoms with Crippen LogP contribution in [-0.2, 0) is 9.53 Å². The number of hydrogen-bond donors (Lipinski definition) is 2. The van der Waals surface area contributed by atoms with Crippen LogP contribution in [-0.4, -0.2) is 54.9 Å². The number of nitrogens with zero attached hydrogens (tertiary/aromatic N) is 1. The Morgan fingerprint density at radius 3 is 2.70 bits per heavy atom. The lowest BCUT2D eigenvalue weighted by molar-refractivity contribution is -0.137. The average Bonchev–Trinajstić information content (AvgIpc) is 2.38. The molecule has 1 fully saturated rings. The van der Waals surface area contributed by atoms with Crippen LogP contribution < -0.4 is 5.32 Å². The summed E-state index contributed by atoms with van der Waals surface area (Å²) < 4.78 is 5.15. The van der Waals surface area contributed by atoms with E-state index in [4.69, 9.17) is 9.84 Å². The molecule has 0 aromatic rings. The largest absolute Gasteiger partial charge is 0.481 e. The maximum Gasteiger partial charge on any atom is 0.317 e. The van der Waals surface area contributed by atoms with Crippen molar-refractivity contribution in [1.82, 2.24) is 10.2 Å². The Morgan fingerprint density at radius 2 is 2.15 bits per heavy atom. The molecule has 6 nitrogen and oxygen atoms in total. The monoisotopic (exact) mass is 286 g/mol. The lowest BCUT2D eigenvalue weighted by Gasteiger charge is -2.34. The molecule has 0 saturated carbocycles. The Morgan fingerprint density at radius 1 is 1.45 bits per heavy atom. The van der Waals surface area contributed by atoms with Gasteiger partial charge in [0.25, 0.3) is 0 Å². The highest BCUT2D eigenvalue weighted by Crippen LogP contribution is 2.17. The second-order valence-corrected chi connectivity index (χ2v) is 5.81. The molecule has 0 aliphatic carbocycles. The minimum atomic E-state index is -0.889. The van der Waals surface area contributed by atoms with E-state index < -0.39 is 5.97 Å². The maximum absolute atomic E-state index is 12.2. The summed E-state index contributed by atoms with van der Waals surface area (Å²) in [7, 11) is 1.67. The number of rotatable bonds is 6. The Labute approximate surface area is 120 Å². The zero-order valence-electron chi connectivity index (χ0n) is 12.6. The first-order valence-electron chi connectivity index (χ1n) is 7.20. The molecule has 1 saturated heterocycles. The summed E-state index contributed by atoms with van der Waals surface area (Å²) in [5, 5.41) is 11.7. The van der Waals surface area contributed by atoms with E-state index in [2.05, 4.69) is 5.32 Å². The highest BCUT2D eigenvalue weighted by molar-refractivity contribution is 5.76. The minimum Gasteiger partial charge on any atom is -0.481 e. The van der Waals surface area contributed by atoms with Gasteiger partial charge in [0, 0.05) is 32.2 Å². The van der Waals surface area contributed by atoms with Gasteiger partial charge in [0.1, 0.15) is 0 Å². The summed E-state index contributed by atoms with van der Waals surface area (Å²) >= 11 is 0. The summed E-state index contributed by atoms with van der Waals surface area (Å²) in [6.07, 6.45) is 1.99. The van der Waals surface area contributed by atoms with Crippen molar-refractivity contribution in [2.24, 2.45) is 11.8 Å². The first kappa shape index (κ1) is 16.8. The fourth-order valence-electron chi connectivity index (χ4n) is 2.51. The van der Waals surface area contributed by atoms with Gasteiger partial charge in [0.15, 0.2) is 0 Å². The van der Waals surface area contributed by atoms with Crippen molar-refractivity contribution in [3.05, 3.63) is 0 Å². The molecule has 2 atom stereocenters. The third-order valence-corrected chi connectivity index (χ3v) is 3.72. The normalized spacial score (nSPS) is 20.8. The number of carbonyl (C=O) groups is 2. The van der Waals surface area contributed by atoms with Crippen LogP contribution in [0, 0.1) is 11.8 Å². The van der Waals surface area contributed by atoms with Crippen molar-refractivity contribution in [3.63, 3.8) is 0 Å². The predicted octanol–water partition coefficient (Wildman–Crippen LogP) is 1.55. The van der Waals surface area contributed by atoms with Gasteiger partial charge < -0.3 is 20.1 Å². The number of carboxylic acids is 1. The van der Waals surface area contributed by atoms with Gasteiger partial charge in [0.2, 0.25) is 0 Å². The second kappa shape index (κ2) is 8.09. The van der Waals surface area contributed by atoms with Crippen molar-refractivity contribution in [1.29, 1.82) is 0 Å². The number of hydrogen-bond acceptors (Lipinski definition) is 3. The third kappa shape index (κ3) is 5.36. The van der Waals surface area contributed by atoms with Crippen molar-refractivity contribution in [3.8, 4) is 0 Å². The van der Waals surface area contributed by atoms with E-state index in [1.165, 1.54) is 0 Å². The molecule has 6 heteroatoms. The number of aliphatic carboxylic acids is 1. The Kier molecular flexibility index (Phi) is 6.78. The Bertz CT molecular complexity index is 331. The number of likely N-dealkylation sites (tertiary alicyclic amines) is 1. The molecule has 116 valence electrons. The molecule has 0 spiro atoms. The van der Waals surface area contributed by atoms with E-state index in [1.54, 1.807) is 12.0 Å². The molecule has 1 aliphatic heterocycles. The number of carbonyl (C=O) groups excluding carboxylic acids is 1. The lowest BCUT2D eigenvalue weighted by Crippen LogP contribution is -2.50. The van der Waals surface area contributed by atoms with Crippen LogP contribution in [0.4, 0.5) is 4.79 Å². The van der Waals surface area contributed by atoms with Gasteiger partial charge >= 0.3 is 12.0 Å². The average molecular weight is 286 g/mol. The molecule has 20 heavy (non-hydrogen) atoms. The van der Waals surface area contributed by atoms with Crippen molar-refractivity contribution in [2.75, 3.05) is 26.8 Å². The van der Waals surface area contributed by atoms with Gasteiger partial charge in [0.05, 0.1) is 13.0 Å². The van der Waals surface area contributed by atoms with Crippen LogP contribution >= 0.6 is 0 Å². The summed E-state index contributed by atoms with van der Waals surface area (Å²) in [4.78, 5) is 24.8. The molecule has 0 radical (unpaired) electrons. The molecule has 1 heterocycles. The third-order valence-electron chi connectivity index (χ3n) is 3.72. The van der Waals surface area contributed by atoms with E-state index in [0.717, 1.165) is 19.4 Å². The first-order valence-corrected chi connectivity index (χ1v) is 7.20. The van der Waals surface area contributed by atoms with Gasteiger partial charge in [-0.3, -0.25) is 4.79 Å². The van der Waals surface area contributed by atoms with Crippen LogP contribution in [0.25, 0.3) is 0 Å². The van der Waals surface area contributed by atoms with E-state index >= 15 is 0 Å². The smallest absolute Gasteiger partial charge is 0.317 e. The minimum absolute atomic E-state index is 0.0429. The van der Waals surface area contributed by atoms with Gasteiger partial charge in [-0.1, -0.05) is 13.8 Å². The van der Waals surface area contributed by atoms with E-state index in [1.807, 2.05) is 13.8 Å². The number of carboxylic acid groups (broad SMARTS) is 1. The second-order valence-electron chi connectivity index (χ2n) is 5.81. The fraction of sp³-hybridized carbons (Fsp3) is 0.857. The van der Waals surface area contributed by atoms with Crippen molar-refractivity contribution >= 4 is 12.0 Å². The molecular formula is C14H26N2O4. The zero-order chi connectivity index (χ0) is 15.1. The quantitative estimate of drug-likeness (QED) is 0.776. The number of piperidine rings is 1. The summed E-state index contributed by atoms with van der Waals surface area (Å²) in [6, 6.07) is -0.492. The lowest BCUT2D eigenvalue weighted by atomic mass is 9.99. The van der Waals surface area contributed by atoms with E-state index in [-0.39, 0.29) is 24.4 Å². The molecule has 2 unspecified atom stereocenters. The summed E-state index contributed by atoms with van der Waals surface area (Å²) in [5.41, 5.74) is 0. The van der Waals surface area contributed by atoms with Gasteiger partial charge in [-0.15, -0.1) is 0 Å². The number of urea groups is 1. The summed E-state index contributed by atoms with van der Waals surface area (Å²) in [6.45, 7) is 5.89. The highest BCUT2D eigenvalue weighted by Gasteiger charge is 2.26.